The van der Waals surface area contributed by atoms with Gasteiger partial charge in [0, 0.05) is 0 Å². The van der Waals surface area contributed by atoms with E-state index in [0.717, 1.165) is 5.56 Å². The highest BCUT2D eigenvalue weighted by Crippen LogP contribution is 2.13. The number of hydrogen-bond donors (Lipinski definition) is 2. The minimum absolute atomic E-state index is 0.294. The molecule has 1 aliphatic rings. The zero-order chi connectivity index (χ0) is 11.5. The van der Waals surface area contributed by atoms with Crippen molar-refractivity contribution in [3.05, 3.63) is 35.9 Å². The molecule has 2 rings (SSSR count). The van der Waals surface area contributed by atoms with E-state index in [0.29, 0.717) is 6.42 Å². The largest absolute Gasteiger partial charge is 0.480 e. The SMILES string of the molecule is O=C1N=C(O)NC(=O)C1Cc1ccccc1. The van der Waals surface area contributed by atoms with Crippen molar-refractivity contribution in [2.45, 2.75) is 6.42 Å². The van der Waals surface area contributed by atoms with Crippen LogP contribution >= 0.6 is 0 Å². The van der Waals surface area contributed by atoms with Crippen LogP contribution < -0.4 is 5.32 Å². The first-order valence-corrected chi connectivity index (χ1v) is 4.83. The van der Waals surface area contributed by atoms with Crippen molar-refractivity contribution in [1.29, 1.82) is 0 Å². The van der Waals surface area contributed by atoms with Gasteiger partial charge < -0.3 is 5.11 Å². The molecule has 0 bridgehead atoms. The second-order valence-electron chi connectivity index (χ2n) is 3.51. The first-order valence-electron chi connectivity index (χ1n) is 4.83. The molecule has 1 atom stereocenters. The maximum Gasteiger partial charge on any atom is 0.296 e. The summed E-state index contributed by atoms with van der Waals surface area (Å²) >= 11 is 0. The average Bonchev–Trinajstić information content (AvgIpc) is 2.25. The van der Waals surface area contributed by atoms with Gasteiger partial charge in [-0.1, -0.05) is 30.3 Å². The summed E-state index contributed by atoms with van der Waals surface area (Å²) in [4.78, 5) is 26.2. The second kappa shape index (κ2) is 4.14. The Morgan fingerprint density at radius 2 is 1.94 bits per heavy atom. The standard InChI is InChI=1S/C11H10N2O3/c14-9-8(10(15)13-11(16)12-9)6-7-4-2-1-3-5-7/h1-5,8H,6H2,(H2,12,13,14,15,16). The van der Waals surface area contributed by atoms with Crippen LogP contribution in [0, 0.1) is 5.92 Å². The van der Waals surface area contributed by atoms with E-state index in [1.54, 1.807) is 0 Å². The molecular weight excluding hydrogens is 208 g/mol. The minimum atomic E-state index is -0.849. The van der Waals surface area contributed by atoms with Crippen molar-refractivity contribution in [1.82, 2.24) is 5.32 Å². The molecule has 2 amide bonds. The van der Waals surface area contributed by atoms with Crippen molar-refractivity contribution in [2.75, 3.05) is 0 Å². The molecule has 5 nitrogen and oxygen atoms in total. The Kier molecular flexibility index (Phi) is 2.68. The van der Waals surface area contributed by atoms with E-state index < -0.39 is 23.8 Å². The first-order chi connectivity index (χ1) is 7.66. The lowest BCUT2D eigenvalue weighted by Crippen LogP contribution is -2.44. The fraction of sp³-hybridized carbons (Fsp3) is 0.182. The molecular formula is C11H10N2O3. The van der Waals surface area contributed by atoms with Gasteiger partial charge in [-0.15, -0.1) is 0 Å². The number of nitrogens with one attached hydrogen (secondary N) is 1. The summed E-state index contributed by atoms with van der Waals surface area (Å²) in [6.45, 7) is 0. The molecule has 0 spiro atoms. The topological polar surface area (TPSA) is 78.8 Å². The van der Waals surface area contributed by atoms with Gasteiger partial charge in [0.2, 0.25) is 5.91 Å². The highest BCUT2D eigenvalue weighted by Gasteiger charge is 2.31. The summed E-state index contributed by atoms with van der Waals surface area (Å²) in [5.41, 5.74) is 0.882. The molecule has 1 aliphatic heterocycles. The van der Waals surface area contributed by atoms with Crippen LogP contribution in [0.4, 0.5) is 0 Å². The van der Waals surface area contributed by atoms with E-state index in [2.05, 4.69) is 10.3 Å². The van der Waals surface area contributed by atoms with Gasteiger partial charge >= 0.3 is 0 Å². The number of aliphatic imine (C=N–C) groups is 1. The van der Waals surface area contributed by atoms with Gasteiger partial charge in [0.1, 0.15) is 5.92 Å². The maximum atomic E-state index is 11.4. The monoisotopic (exact) mass is 218 g/mol. The Bertz CT molecular complexity index is 454. The van der Waals surface area contributed by atoms with E-state index in [1.165, 1.54) is 0 Å². The van der Waals surface area contributed by atoms with Crippen molar-refractivity contribution < 1.29 is 14.7 Å². The van der Waals surface area contributed by atoms with E-state index in [9.17, 15) is 9.59 Å². The van der Waals surface area contributed by atoms with Crippen LogP contribution in [0.25, 0.3) is 0 Å². The number of benzene rings is 1. The molecule has 0 saturated heterocycles. The van der Waals surface area contributed by atoms with Crippen LogP contribution in [0.3, 0.4) is 0 Å². The number of aliphatic hydroxyl groups excluding tert-OH is 1. The van der Waals surface area contributed by atoms with Gasteiger partial charge in [-0.05, 0) is 12.0 Å². The van der Waals surface area contributed by atoms with Crippen molar-refractivity contribution >= 4 is 17.8 Å². The quantitative estimate of drug-likeness (QED) is 0.706. The molecule has 5 heteroatoms. The van der Waals surface area contributed by atoms with Crippen molar-refractivity contribution in [3.8, 4) is 0 Å². The highest BCUT2D eigenvalue weighted by molar-refractivity contribution is 6.13. The number of amides is 2. The molecule has 16 heavy (non-hydrogen) atoms. The van der Waals surface area contributed by atoms with Crippen LogP contribution in [0.15, 0.2) is 35.3 Å². The Morgan fingerprint density at radius 1 is 1.25 bits per heavy atom. The van der Waals surface area contributed by atoms with Gasteiger partial charge in [0.05, 0.1) is 0 Å². The molecule has 2 N–H and O–H groups in total. The summed E-state index contributed by atoms with van der Waals surface area (Å²) in [7, 11) is 0. The lowest BCUT2D eigenvalue weighted by Gasteiger charge is -2.16. The molecule has 1 heterocycles. The maximum absolute atomic E-state index is 11.4. The number of aliphatic hydroxyl groups is 1. The number of nitrogens with zero attached hydrogens (tertiary/aromatic N) is 1. The Balaban J connectivity index is 2.17. The number of carbonyl (C=O) groups is 2. The Hall–Kier alpha value is -2.17. The molecule has 0 saturated carbocycles. The Labute approximate surface area is 91.8 Å². The third-order valence-corrected chi connectivity index (χ3v) is 2.35. The lowest BCUT2D eigenvalue weighted by molar-refractivity contribution is -0.133. The zero-order valence-electron chi connectivity index (χ0n) is 8.38. The summed E-state index contributed by atoms with van der Waals surface area (Å²) in [6, 6.07) is 8.57. The fourth-order valence-electron chi connectivity index (χ4n) is 1.55. The second-order valence-corrected chi connectivity index (χ2v) is 3.51. The first kappa shape index (κ1) is 10.4. The van der Waals surface area contributed by atoms with Crippen LogP contribution in [0.5, 0.6) is 0 Å². The smallest absolute Gasteiger partial charge is 0.296 e. The van der Waals surface area contributed by atoms with Crippen LogP contribution in [-0.4, -0.2) is 22.9 Å². The minimum Gasteiger partial charge on any atom is -0.480 e. The molecule has 82 valence electrons. The number of hydrogen-bond acceptors (Lipinski definition) is 2. The summed E-state index contributed by atoms with van der Waals surface area (Å²) in [5, 5.41) is 11.1. The lowest BCUT2D eigenvalue weighted by atomic mass is 9.97. The molecule has 0 aliphatic carbocycles. The van der Waals surface area contributed by atoms with Crippen LogP contribution in [0.1, 0.15) is 5.56 Å². The van der Waals surface area contributed by atoms with Gasteiger partial charge in [0.15, 0.2) is 0 Å². The summed E-state index contributed by atoms with van der Waals surface area (Å²) in [6.07, 6.45) is 0.294. The fourth-order valence-corrected chi connectivity index (χ4v) is 1.55. The van der Waals surface area contributed by atoms with E-state index >= 15 is 0 Å². The number of amidine groups is 1. The number of rotatable bonds is 2. The van der Waals surface area contributed by atoms with Gasteiger partial charge in [-0.25, -0.2) is 0 Å². The highest BCUT2D eigenvalue weighted by atomic mass is 16.3. The average molecular weight is 218 g/mol. The van der Waals surface area contributed by atoms with Gasteiger partial charge in [-0.2, -0.15) is 4.99 Å². The van der Waals surface area contributed by atoms with Crippen LogP contribution in [-0.2, 0) is 16.0 Å². The third kappa shape index (κ3) is 2.08. The Morgan fingerprint density at radius 3 is 2.56 bits per heavy atom. The molecule has 0 radical (unpaired) electrons. The van der Waals surface area contributed by atoms with Crippen molar-refractivity contribution in [3.63, 3.8) is 0 Å². The van der Waals surface area contributed by atoms with E-state index in [4.69, 9.17) is 5.11 Å². The predicted octanol–water partition coefficient (Wildman–Crippen LogP) is 0.416. The predicted molar refractivity (Wildman–Crippen MR) is 56.8 cm³/mol. The van der Waals surface area contributed by atoms with Crippen LogP contribution in [0.2, 0.25) is 0 Å². The molecule has 0 aromatic heterocycles. The van der Waals surface area contributed by atoms with Crippen molar-refractivity contribution in [2.24, 2.45) is 10.9 Å². The molecule has 1 unspecified atom stereocenters. The molecule has 0 fully saturated rings. The number of carbonyl (C=O) groups excluding carboxylic acids is 2. The summed E-state index contributed by atoms with van der Waals surface area (Å²) < 4.78 is 0. The van der Waals surface area contributed by atoms with E-state index in [1.807, 2.05) is 30.3 Å². The van der Waals surface area contributed by atoms with Gasteiger partial charge in [-0.3, -0.25) is 14.9 Å². The third-order valence-electron chi connectivity index (χ3n) is 2.35. The normalized spacial score (nSPS) is 20.2. The van der Waals surface area contributed by atoms with Gasteiger partial charge in [0.25, 0.3) is 11.9 Å². The summed E-state index contributed by atoms with van der Waals surface area (Å²) in [5.74, 6) is -1.97. The zero-order valence-corrected chi connectivity index (χ0v) is 8.38. The molecule has 1 aromatic carbocycles. The molecule has 1 aromatic rings. The van der Waals surface area contributed by atoms with E-state index in [-0.39, 0.29) is 0 Å².